The fraction of sp³-hybridized carbons (Fsp3) is 0.154. The summed E-state index contributed by atoms with van der Waals surface area (Å²) in [7, 11) is 0. The monoisotopic (exact) mass is 233 g/mol. The van der Waals surface area contributed by atoms with Gasteiger partial charge in [0.25, 0.3) is 0 Å². The number of pyridine rings is 1. The Balaban J connectivity index is 1.97. The molecular formula is C13H12FNO2. The first-order valence-corrected chi connectivity index (χ1v) is 5.20. The van der Waals surface area contributed by atoms with Gasteiger partial charge >= 0.3 is 0 Å². The predicted octanol–water partition coefficient (Wildman–Crippen LogP) is 2.29. The maximum absolute atomic E-state index is 12.8. The number of hydrogen-bond acceptors (Lipinski definition) is 3. The van der Waals surface area contributed by atoms with Gasteiger partial charge in [-0.1, -0.05) is 12.1 Å². The Kier molecular flexibility index (Phi) is 3.67. The second-order valence-corrected chi connectivity index (χ2v) is 3.60. The van der Waals surface area contributed by atoms with Gasteiger partial charge in [-0.25, -0.2) is 4.39 Å². The first-order chi connectivity index (χ1) is 8.28. The number of hydrogen-bond donors (Lipinski definition) is 1. The molecule has 0 spiro atoms. The number of aliphatic hydroxyl groups excluding tert-OH is 1. The van der Waals surface area contributed by atoms with E-state index in [4.69, 9.17) is 9.84 Å². The maximum atomic E-state index is 12.8. The van der Waals surface area contributed by atoms with Crippen molar-refractivity contribution in [1.82, 2.24) is 4.98 Å². The van der Waals surface area contributed by atoms with E-state index in [2.05, 4.69) is 4.98 Å². The van der Waals surface area contributed by atoms with Crippen LogP contribution < -0.4 is 4.74 Å². The number of aliphatic hydroxyl groups is 1. The van der Waals surface area contributed by atoms with Crippen LogP contribution in [0.1, 0.15) is 11.1 Å². The predicted molar refractivity (Wildman–Crippen MR) is 60.9 cm³/mol. The summed E-state index contributed by atoms with van der Waals surface area (Å²) in [5, 5.41) is 8.88. The molecule has 0 atom stereocenters. The van der Waals surface area contributed by atoms with E-state index in [1.807, 2.05) is 0 Å². The third kappa shape index (κ3) is 3.26. The number of halogens is 1. The van der Waals surface area contributed by atoms with Gasteiger partial charge in [-0.2, -0.15) is 0 Å². The van der Waals surface area contributed by atoms with Crippen LogP contribution in [0, 0.1) is 5.82 Å². The maximum Gasteiger partial charge on any atom is 0.141 e. The van der Waals surface area contributed by atoms with E-state index in [1.54, 1.807) is 30.5 Å². The van der Waals surface area contributed by atoms with Crippen molar-refractivity contribution in [2.24, 2.45) is 0 Å². The average molecular weight is 233 g/mol. The van der Waals surface area contributed by atoms with Gasteiger partial charge < -0.3 is 9.84 Å². The van der Waals surface area contributed by atoms with Crippen LogP contribution in [0.15, 0.2) is 42.7 Å². The highest BCUT2D eigenvalue weighted by molar-refractivity contribution is 5.27. The molecule has 17 heavy (non-hydrogen) atoms. The standard InChI is InChI=1S/C13H12FNO2/c14-12-5-11(6-15-7-12)9-17-13-3-1-10(8-16)2-4-13/h1-7,16H,8-9H2. The topological polar surface area (TPSA) is 42.4 Å². The molecular weight excluding hydrogens is 221 g/mol. The number of aromatic nitrogens is 1. The van der Waals surface area contributed by atoms with Gasteiger partial charge in [0.1, 0.15) is 18.2 Å². The minimum Gasteiger partial charge on any atom is -0.489 e. The van der Waals surface area contributed by atoms with Crippen LogP contribution in [0.25, 0.3) is 0 Å². The van der Waals surface area contributed by atoms with Crippen molar-refractivity contribution in [3.05, 3.63) is 59.7 Å². The smallest absolute Gasteiger partial charge is 0.141 e. The van der Waals surface area contributed by atoms with Crippen molar-refractivity contribution in [3.8, 4) is 5.75 Å². The van der Waals surface area contributed by atoms with E-state index < -0.39 is 0 Å². The molecule has 4 heteroatoms. The van der Waals surface area contributed by atoms with E-state index in [0.29, 0.717) is 11.3 Å². The van der Waals surface area contributed by atoms with Gasteiger partial charge in [-0.3, -0.25) is 4.98 Å². The van der Waals surface area contributed by atoms with Crippen LogP contribution in [0.3, 0.4) is 0 Å². The number of benzene rings is 1. The molecule has 0 radical (unpaired) electrons. The summed E-state index contributed by atoms with van der Waals surface area (Å²) in [5.41, 5.74) is 1.50. The van der Waals surface area contributed by atoms with Crippen molar-refractivity contribution in [2.75, 3.05) is 0 Å². The summed E-state index contributed by atoms with van der Waals surface area (Å²) < 4.78 is 18.3. The zero-order valence-corrected chi connectivity index (χ0v) is 9.14. The van der Waals surface area contributed by atoms with Crippen molar-refractivity contribution in [1.29, 1.82) is 0 Å². The van der Waals surface area contributed by atoms with Crippen molar-refractivity contribution >= 4 is 0 Å². The van der Waals surface area contributed by atoms with E-state index in [-0.39, 0.29) is 19.0 Å². The van der Waals surface area contributed by atoms with E-state index >= 15 is 0 Å². The van der Waals surface area contributed by atoms with Crippen LogP contribution >= 0.6 is 0 Å². The molecule has 88 valence electrons. The Bertz CT molecular complexity index is 485. The summed E-state index contributed by atoms with van der Waals surface area (Å²) in [6.45, 7) is 0.275. The molecule has 1 heterocycles. The molecule has 0 aliphatic carbocycles. The van der Waals surface area contributed by atoms with Crippen LogP contribution in [0.5, 0.6) is 5.75 Å². The minimum absolute atomic E-state index is 0.00803. The first-order valence-electron chi connectivity index (χ1n) is 5.20. The molecule has 0 saturated carbocycles. The number of nitrogens with zero attached hydrogens (tertiary/aromatic N) is 1. The summed E-state index contributed by atoms with van der Waals surface area (Å²) >= 11 is 0. The second kappa shape index (κ2) is 5.41. The highest BCUT2D eigenvalue weighted by atomic mass is 19.1. The lowest BCUT2D eigenvalue weighted by Crippen LogP contribution is -1.97. The van der Waals surface area contributed by atoms with Crippen molar-refractivity contribution in [3.63, 3.8) is 0 Å². The highest BCUT2D eigenvalue weighted by Gasteiger charge is 1.98. The van der Waals surface area contributed by atoms with Crippen LogP contribution in [0.4, 0.5) is 4.39 Å². The summed E-state index contributed by atoms with van der Waals surface area (Å²) in [6, 6.07) is 8.46. The normalized spacial score (nSPS) is 10.2. The molecule has 3 nitrogen and oxygen atoms in total. The number of rotatable bonds is 4. The van der Waals surface area contributed by atoms with Crippen molar-refractivity contribution < 1.29 is 14.2 Å². The lowest BCUT2D eigenvalue weighted by Gasteiger charge is -2.06. The zero-order valence-electron chi connectivity index (χ0n) is 9.14. The molecule has 1 aromatic carbocycles. The summed E-state index contributed by atoms with van der Waals surface area (Å²) in [5.74, 6) is 0.299. The van der Waals surface area contributed by atoms with Crippen molar-refractivity contribution in [2.45, 2.75) is 13.2 Å². The fourth-order valence-electron chi connectivity index (χ4n) is 1.39. The summed E-state index contributed by atoms with van der Waals surface area (Å²) in [4.78, 5) is 3.74. The van der Waals surface area contributed by atoms with E-state index in [1.165, 1.54) is 6.07 Å². The van der Waals surface area contributed by atoms with Crippen LogP contribution in [0.2, 0.25) is 0 Å². The SMILES string of the molecule is OCc1ccc(OCc2cncc(F)c2)cc1. The largest absolute Gasteiger partial charge is 0.489 e. The van der Waals surface area contributed by atoms with Gasteiger partial charge in [0.15, 0.2) is 0 Å². The number of ether oxygens (including phenoxy) is 1. The van der Waals surface area contributed by atoms with E-state index in [0.717, 1.165) is 11.8 Å². The molecule has 2 rings (SSSR count). The van der Waals surface area contributed by atoms with Gasteiger partial charge in [-0.05, 0) is 23.8 Å². The Morgan fingerprint density at radius 3 is 2.53 bits per heavy atom. The van der Waals surface area contributed by atoms with Gasteiger partial charge in [0.05, 0.1) is 12.8 Å². The lowest BCUT2D eigenvalue weighted by molar-refractivity contribution is 0.280. The molecule has 1 N–H and O–H groups in total. The highest BCUT2D eigenvalue weighted by Crippen LogP contribution is 2.14. The third-order valence-corrected chi connectivity index (χ3v) is 2.27. The molecule has 1 aromatic heterocycles. The Hall–Kier alpha value is -1.94. The van der Waals surface area contributed by atoms with Gasteiger partial charge in [-0.15, -0.1) is 0 Å². The molecule has 0 aliphatic rings. The van der Waals surface area contributed by atoms with Gasteiger partial charge in [0.2, 0.25) is 0 Å². The third-order valence-electron chi connectivity index (χ3n) is 2.27. The fourth-order valence-corrected chi connectivity index (χ4v) is 1.39. The first kappa shape index (κ1) is 11.5. The van der Waals surface area contributed by atoms with Gasteiger partial charge in [0, 0.05) is 11.8 Å². The lowest BCUT2D eigenvalue weighted by atomic mass is 10.2. The quantitative estimate of drug-likeness (QED) is 0.881. The molecule has 0 amide bonds. The Morgan fingerprint density at radius 2 is 1.88 bits per heavy atom. The average Bonchev–Trinajstić information content (AvgIpc) is 2.37. The summed E-state index contributed by atoms with van der Waals surface area (Å²) in [6.07, 6.45) is 2.71. The molecule has 2 aromatic rings. The van der Waals surface area contributed by atoms with Crippen LogP contribution in [-0.2, 0) is 13.2 Å². The second-order valence-electron chi connectivity index (χ2n) is 3.60. The molecule has 0 saturated heterocycles. The Labute approximate surface area is 98.5 Å². The molecule has 0 aliphatic heterocycles. The zero-order chi connectivity index (χ0) is 12.1. The molecule has 0 fully saturated rings. The van der Waals surface area contributed by atoms with Crippen LogP contribution in [-0.4, -0.2) is 10.1 Å². The minimum atomic E-state index is -0.373. The Morgan fingerprint density at radius 1 is 1.12 bits per heavy atom. The molecule has 0 unspecified atom stereocenters. The molecule has 0 bridgehead atoms. The van der Waals surface area contributed by atoms with E-state index in [9.17, 15) is 4.39 Å².